The Bertz CT molecular complexity index is 1050. The number of benzene rings is 2. The van der Waals surface area contributed by atoms with Crippen LogP contribution in [0, 0.1) is 11.8 Å². The topological polar surface area (TPSA) is 95.7 Å². The molecule has 0 bridgehead atoms. The molecule has 2 aromatic carbocycles. The van der Waals surface area contributed by atoms with Gasteiger partial charge in [0, 0.05) is 35.5 Å². The first-order chi connectivity index (χ1) is 17.4. The van der Waals surface area contributed by atoms with E-state index in [0.717, 1.165) is 23.5 Å². The number of primary amides is 1. The van der Waals surface area contributed by atoms with Gasteiger partial charge in [-0.1, -0.05) is 69.4 Å². The van der Waals surface area contributed by atoms with Crippen LogP contribution in [0.3, 0.4) is 0 Å². The van der Waals surface area contributed by atoms with Gasteiger partial charge in [-0.05, 0) is 40.8 Å². The van der Waals surface area contributed by atoms with Gasteiger partial charge in [0.25, 0.3) is 8.38 Å². The van der Waals surface area contributed by atoms with Crippen LogP contribution in [0.4, 0.5) is 8.78 Å². The summed E-state index contributed by atoms with van der Waals surface area (Å²) in [6.07, 6.45) is 0.802. The lowest BCUT2D eigenvalue weighted by Crippen LogP contribution is -2.17. The predicted molar refractivity (Wildman–Crippen MR) is 149 cm³/mol. The average molecular weight is 574 g/mol. The van der Waals surface area contributed by atoms with E-state index >= 15 is 8.78 Å². The molecule has 11 heteroatoms. The van der Waals surface area contributed by atoms with Gasteiger partial charge in [0.05, 0.1) is 13.2 Å². The summed E-state index contributed by atoms with van der Waals surface area (Å²) in [7, 11) is -2.73. The van der Waals surface area contributed by atoms with Crippen molar-refractivity contribution in [2.45, 2.75) is 46.2 Å². The Morgan fingerprint density at radius 2 is 1.38 bits per heavy atom. The van der Waals surface area contributed by atoms with Crippen molar-refractivity contribution in [2.24, 2.45) is 17.6 Å². The van der Waals surface area contributed by atoms with Crippen LogP contribution in [-0.2, 0) is 24.3 Å². The van der Waals surface area contributed by atoms with Crippen molar-refractivity contribution in [3.05, 3.63) is 47.5 Å². The molecular weight excluding hydrogens is 539 g/mol. The van der Waals surface area contributed by atoms with Gasteiger partial charge in [-0.3, -0.25) is 14.4 Å². The summed E-state index contributed by atoms with van der Waals surface area (Å²) in [6.45, 7) is 7.55. The van der Waals surface area contributed by atoms with E-state index in [9.17, 15) is 14.4 Å². The lowest BCUT2D eigenvalue weighted by Gasteiger charge is -2.26. The first-order valence-corrected chi connectivity index (χ1v) is 15.1. The van der Waals surface area contributed by atoms with Crippen LogP contribution in [-0.4, -0.2) is 40.9 Å². The summed E-state index contributed by atoms with van der Waals surface area (Å²) in [5.41, 5.74) is 1.75. The highest BCUT2D eigenvalue weighted by atomic mass is 32.2. The Morgan fingerprint density at radius 1 is 0.865 bits per heavy atom. The van der Waals surface area contributed by atoms with E-state index in [4.69, 9.17) is 14.8 Å². The molecule has 0 saturated carbocycles. The second kappa shape index (κ2) is 15.1. The van der Waals surface area contributed by atoms with E-state index < -0.39 is 19.9 Å². The number of alkyl halides is 2. The first-order valence-electron chi connectivity index (χ1n) is 12.0. The molecule has 0 atom stereocenters. The molecule has 2 rings (SSSR count). The number of carbonyl (C=O) groups is 3. The fourth-order valence-electron chi connectivity index (χ4n) is 3.23. The van der Waals surface area contributed by atoms with Gasteiger partial charge in [0.15, 0.2) is 10.2 Å². The van der Waals surface area contributed by atoms with E-state index in [1.165, 1.54) is 30.3 Å². The number of fused-ring (bicyclic) bond motifs is 1. The number of hydrogen-bond donors (Lipinski definition) is 1. The van der Waals surface area contributed by atoms with Crippen LogP contribution >= 0.6 is 31.9 Å². The standard InChI is InChI=1S/C26H34F2NO5PS2/c1-17(2)13-23(30)36-11-9-33-35(34-10-12-37-24(31)14-18(3)4)26(27,28)22-8-7-19-5-6-20(25(29)32)15-21(19)16-22/h5-8,15-18H,9-14H2,1-4H3,(H2,29,32). The maximum Gasteiger partial charge on any atom is 0.339 e. The molecule has 6 nitrogen and oxygen atoms in total. The maximum atomic E-state index is 15.7. The van der Waals surface area contributed by atoms with Gasteiger partial charge in [-0.25, -0.2) is 0 Å². The minimum atomic E-state index is -3.48. The van der Waals surface area contributed by atoms with Crippen molar-refractivity contribution in [1.82, 2.24) is 0 Å². The third kappa shape index (κ3) is 10.6. The molecule has 0 unspecified atom stereocenters. The molecule has 0 radical (unpaired) electrons. The van der Waals surface area contributed by atoms with Gasteiger partial charge in [0.2, 0.25) is 5.91 Å². The molecular formula is C26H34F2NO5PS2. The van der Waals surface area contributed by atoms with Crippen molar-refractivity contribution in [3.8, 4) is 0 Å². The monoisotopic (exact) mass is 573 g/mol. The minimum Gasteiger partial charge on any atom is -0.366 e. The number of rotatable bonds is 15. The number of halogens is 2. The molecule has 0 saturated heterocycles. The van der Waals surface area contributed by atoms with Crippen LogP contribution in [0.15, 0.2) is 36.4 Å². The van der Waals surface area contributed by atoms with Crippen molar-refractivity contribution >= 4 is 58.8 Å². The van der Waals surface area contributed by atoms with Crippen molar-refractivity contribution in [1.29, 1.82) is 0 Å². The summed E-state index contributed by atoms with van der Waals surface area (Å²) < 4.78 is 42.4. The smallest absolute Gasteiger partial charge is 0.339 e. The molecule has 204 valence electrons. The molecule has 1 amide bonds. The van der Waals surface area contributed by atoms with Gasteiger partial charge in [-0.15, -0.1) is 0 Å². The highest BCUT2D eigenvalue weighted by Crippen LogP contribution is 2.60. The zero-order valence-electron chi connectivity index (χ0n) is 21.5. The molecule has 37 heavy (non-hydrogen) atoms. The molecule has 2 aromatic rings. The minimum absolute atomic E-state index is 0.0181. The normalized spacial score (nSPS) is 12.1. The second-order valence-electron chi connectivity index (χ2n) is 9.24. The largest absolute Gasteiger partial charge is 0.366 e. The zero-order chi connectivity index (χ0) is 27.6. The zero-order valence-corrected chi connectivity index (χ0v) is 24.0. The molecule has 0 spiro atoms. The van der Waals surface area contributed by atoms with E-state index in [1.54, 1.807) is 6.07 Å². The SMILES string of the molecule is CC(C)CC(=O)SCCOP(OCCSC(=O)CC(C)C)C(F)(F)c1ccc2ccc(C(N)=O)cc2c1. The van der Waals surface area contributed by atoms with E-state index in [-0.39, 0.29) is 57.9 Å². The molecule has 0 heterocycles. The van der Waals surface area contributed by atoms with E-state index in [2.05, 4.69) is 0 Å². The summed E-state index contributed by atoms with van der Waals surface area (Å²) in [4.78, 5) is 35.4. The molecule has 0 aliphatic rings. The van der Waals surface area contributed by atoms with Crippen LogP contribution in [0.1, 0.15) is 56.5 Å². The van der Waals surface area contributed by atoms with E-state index in [1.807, 2.05) is 27.7 Å². The fourth-order valence-corrected chi connectivity index (χ4v) is 6.43. The highest BCUT2D eigenvalue weighted by molar-refractivity contribution is 8.13. The van der Waals surface area contributed by atoms with Crippen molar-refractivity contribution in [3.63, 3.8) is 0 Å². The lowest BCUT2D eigenvalue weighted by atomic mass is 10.0. The van der Waals surface area contributed by atoms with Gasteiger partial charge in [-0.2, -0.15) is 8.78 Å². The van der Waals surface area contributed by atoms with Gasteiger partial charge >= 0.3 is 5.66 Å². The van der Waals surface area contributed by atoms with Crippen molar-refractivity contribution in [2.75, 3.05) is 24.7 Å². The summed E-state index contributed by atoms with van der Waals surface area (Å²) >= 11 is 2.10. The Kier molecular flexibility index (Phi) is 12.9. The summed E-state index contributed by atoms with van der Waals surface area (Å²) in [5, 5.41) is 1.08. The average Bonchev–Trinajstić information content (AvgIpc) is 2.81. The first kappa shape index (κ1) is 31.6. The Balaban J connectivity index is 2.15. The highest BCUT2D eigenvalue weighted by Gasteiger charge is 2.45. The maximum absolute atomic E-state index is 15.7. The van der Waals surface area contributed by atoms with Crippen molar-refractivity contribution < 1.29 is 32.2 Å². The summed E-state index contributed by atoms with van der Waals surface area (Å²) in [5.74, 6) is 0.229. The van der Waals surface area contributed by atoms with Crippen LogP contribution in [0.25, 0.3) is 10.8 Å². The lowest BCUT2D eigenvalue weighted by molar-refractivity contribution is -0.112. The third-order valence-electron chi connectivity index (χ3n) is 4.96. The Labute approximate surface area is 226 Å². The van der Waals surface area contributed by atoms with Crippen LogP contribution in [0.5, 0.6) is 0 Å². The predicted octanol–water partition coefficient (Wildman–Crippen LogP) is 6.94. The molecule has 2 N–H and O–H groups in total. The van der Waals surface area contributed by atoms with Crippen LogP contribution < -0.4 is 5.73 Å². The fraction of sp³-hybridized carbons (Fsp3) is 0.500. The van der Waals surface area contributed by atoms with E-state index in [0.29, 0.717) is 23.6 Å². The molecule has 0 aliphatic carbocycles. The molecule has 0 fully saturated rings. The number of nitrogens with two attached hydrogens (primary N) is 1. The number of amides is 1. The number of carbonyl (C=O) groups excluding carboxylic acids is 3. The third-order valence-corrected chi connectivity index (χ3v) is 8.23. The second-order valence-corrected chi connectivity index (χ2v) is 13.1. The summed E-state index contributed by atoms with van der Waals surface area (Å²) in [6, 6.07) is 8.79. The molecule has 0 aliphatic heterocycles. The number of thioether (sulfide) groups is 2. The van der Waals surface area contributed by atoms with Gasteiger partial charge < -0.3 is 14.8 Å². The Morgan fingerprint density at radius 3 is 1.86 bits per heavy atom. The van der Waals surface area contributed by atoms with Crippen LogP contribution in [0.2, 0.25) is 0 Å². The Hall–Kier alpha value is -1.58. The molecule has 0 aromatic heterocycles. The quantitative estimate of drug-likeness (QED) is 0.182. The number of hydrogen-bond acceptors (Lipinski definition) is 7. The van der Waals surface area contributed by atoms with Gasteiger partial charge in [0.1, 0.15) is 0 Å².